The van der Waals surface area contributed by atoms with Crippen molar-refractivity contribution in [1.82, 2.24) is 10.2 Å². The average Bonchev–Trinajstić information content (AvgIpc) is 2.99. The van der Waals surface area contributed by atoms with Crippen molar-refractivity contribution in [1.29, 1.82) is 0 Å². The van der Waals surface area contributed by atoms with E-state index < -0.39 is 0 Å². The Morgan fingerprint density at radius 2 is 2.08 bits per heavy atom. The number of rotatable bonds is 6. The van der Waals surface area contributed by atoms with Crippen LogP contribution in [0.3, 0.4) is 0 Å². The first-order valence-electron chi connectivity index (χ1n) is 8.76. The number of carbonyl (C=O) groups excluding carboxylic acids is 2. The van der Waals surface area contributed by atoms with Gasteiger partial charge in [0.2, 0.25) is 11.8 Å². The van der Waals surface area contributed by atoms with Gasteiger partial charge in [-0.25, -0.2) is 4.39 Å². The summed E-state index contributed by atoms with van der Waals surface area (Å²) < 4.78 is 13.6. The molecule has 2 rings (SSSR count). The molecule has 1 aromatic rings. The van der Waals surface area contributed by atoms with E-state index in [0.29, 0.717) is 19.6 Å². The molecule has 1 aromatic carbocycles. The normalized spacial score (nSPS) is 20.5. The standard InChI is InChI=1S/C19H27FN2O2/c1-4-5-9-21-18(23)17-12-22(19(24)13(2)3)11-16(17)14-7-6-8-15(20)10-14/h6-8,10,13,16-17H,4-5,9,11-12H2,1-3H3,(H,21,23)/t16-,17+/m1/s1. The fourth-order valence-corrected chi connectivity index (χ4v) is 3.21. The molecule has 0 bridgehead atoms. The highest BCUT2D eigenvalue weighted by atomic mass is 19.1. The fourth-order valence-electron chi connectivity index (χ4n) is 3.21. The first-order valence-corrected chi connectivity index (χ1v) is 8.76. The molecule has 2 amide bonds. The maximum absolute atomic E-state index is 13.6. The lowest BCUT2D eigenvalue weighted by Gasteiger charge is -2.18. The summed E-state index contributed by atoms with van der Waals surface area (Å²) in [6.07, 6.45) is 1.94. The number of likely N-dealkylation sites (tertiary alicyclic amines) is 1. The van der Waals surface area contributed by atoms with Crippen molar-refractivity contribution in [3.63, 3.8) is 0 Å². The molecule has 0 aliphatic carbocycles. The summed E-state index contributed by atoms with van der Waals surface area (Å²) in [5, 5.41) is 2.96. The number of hydrogen-bond donors (Lipinski definition) is 1. The molecule has 4 nitrogen and oxygen atoms in total. The summed E-state index contributed by atoms with van der Waals surface area (Å²) in [6.45, 7) is 7.28. The highest BCUT2D eigenvalue weighted by Crippen LogP contribution is 2.34. The minimum atomic E-state index is -0.327. The van der Waals surface area contributed by atoms with E-state index in [-0.39, 0.29) is 35.4 Å². The second-order valence-electron chi connectivity index (χ2n) is 6.81. The lowest BCUT2D eigenvalue weighted by atomic mass is 9.88. The van der Waals surface area contributed by atoms with Gasteiger partial charge in [-0.1, -0.05) is 39.3 Å². The highest BCUT2D eigenvalue weighted by molar-refractivity contribution is 5.84. The minimum Gasteiger partial charge on any atom is -0.356 e. The number of unbranched alkanes of at least 4 members (excludes halogenated alkanes) is 1. The third-order valence-corrected chi connectivity index (χ3v) is 4.57. The van der Waals surface area contributed by atoms with Gasteiger partial charge in [0.25, 0.3) is 0 Å². The molecule has 0 aromatic heterocycles. The number of benzene rings is 1. The molecule has 2 atom stereocenters. The van der Waals surface area contributed by atoms with Crippen LogP contribution >= 0.6 is 0 Å². The molecule has 0 saturated carbocycles. The van der Waals surface area contributed by atoms with E-state index in [2.05, 4.69) is 12.2 Å². The van der Waals surface area contributed by atoms with Crippen LogP contribution in [-0.4, -0.2) is 36.3 Å². The number of nitrogens with one attached hydrogen (secondary N) is 1. The van der Waals surface area contributed by atoms with Crippen LogP contribution in [0.2, 0.25) is 0 Å². The molecule has 0 unspecified atom stereocenters. The second-order valence-corrected chi connectivity index (χ2v) is 6.81. The van der Waals surface area contributed by atoms with Crippen LogP contribution in [0.5, 0.6) is 0 Å². The average molecular weight is 334 g/mol. The SMILES string of the molecule is CCCCNC(=O)[C@H]1CN(C(=O)C(C)C)C[C@@H]1c1cccc(F)c1. The molecule has 24 heavy (non-hydrogen) atoms. The molecule has 0 radical (unpaired) electrons. The monoisotopic (exact) mass is 334 g/mol. The molecule has 1 heterocycles. The van der Waals surface area contributed by atoms with E-state index in [4.69, 9.17) is 0 Å². The Morgan fingerprint density at radius 1 is 1.33 bits per heavy atom. The van der Waals surface area contributed by atoms with Gasteiger partial charge in [0.05, 0.1) is 5.92 Å². The highest BCUT2D eigenvalue weighted by Gasteiger charge is 2.40. The Kier molecular flexibility index (Phi) is 6.35. The van der Waals surface area contributed by atoms with Gasteiger partial charge in [-0.3, -0.25) is 9.59 Å². The van der Waals surface area contributed by atoms with Gasteiger partial charge in [0.15, 0.2) is 0 Å². The molecular weight excluding hydrogens is 307 g/mol. The topological polar surface area (TPSA) is 49.4 Å². The van der Waals surface area contributed by atoms with Gasteiger partial charge >= 0.3 is 0 Å². The van der Waals surface area contributed by atoms with E-state index in [9.17, 15) is 14.0 Å². The lowest BCUT2D eigenvalue weighted by Crippen LogP contribution is -2.36. The van der Waals surface area contributed by atoms with Gasteiger partial charge in [-0.05, 0) is 24.1 Å². The molecule has 1 saturated heterocycles. The van der Waals surface area contributed by atoms with Crippen molar-refractivity contribution >= 4 is 11.8 Å². The largest absolute Gasteiger partial charge is 0.356 e. The Labute approximate surface area is 143 Å². The first kappa shape index (κ1) is 18.4. The summed E-state index contributed by atoms with van der Waals surface area (Å²) in [5.74, 6) is -0.917. The van der Waals surface area contributed by atoms with Gasteiger partial charge in [-0.15, -0.1) is 0 Å². The maximum atomic E-state index is 13.6. The third-order valence-electron chi connectivity index (χ3n) is 4.57. The third kappa shape index (κ3) is 4.34. The van der Waals surface area contributed by atoms with Gasteiger partial charge in [0.1, 0.15) is 5.82 Å². The van der Waals surface area contributed by atoms with Crippen LogP contribution in [0.25, 0.3) is 0 Å². The molecule has 1 N–H and O–H groups in total. The smallest absolute Gasteiger partial charge is 0.225 e. The zero-order valence-corrected chi connectivity index (χ0v) is 14.7. The number of halogens is 1. The molecule has 5 heteroatoms. The van der Waals surface area contributed by atoms with Gasteiger partial charge in [0, 0.05) is 31.5 Å². The molecule has 1 fully saturated rings. The van der Waals surface area contributed by atoms with Crippen LogP contribution in [0.15, 0.2) is 24.3 Å². The maximum Gasteiger partial charge on any atom is 0.225 e. The van der Waals surface area contributed by atoms with Crippen LogP contribution in [0.4, 0.5) is 4.39 Å². The van der Waals surface area contributed by atoms with Crippen molar-refractivity contribution in [3.8, 4) is 0 Å². The number of hydrogen-bond acceptors (Lipinski definition) is 2. The Morgan fingerprint density at radius 3 is 2.71 bits per heavy atom. The predicted molar refractivity (Wildman–Crippen MR) is 92.0 cm³/mol. The van der Waals surface area contributed by atoms with E-state index in [0.717, 1.165) is 18.4 Å². The summed E-state index contributed by atoms with van der Waals surface area (Å²) >= 11 is 0. The van der Waals surface area contributed by atoms with Gasteiger partial charge in [-0.2, -0.15) is 0 Å². The van der Waals surface area contributed by atoms with Crippen molar-refractivity contribution in [2.75, 3.05) is 19.6 Å². The van der Waals surface area contributed by atoms with Crippen LogP contribution in [-0.2, 0) is 9.59 Å². The second kappa shape index (κ2) is 8.27. The zero-order valence-electron chi connectivity index (χ0n) is 14.7. The van der Waals surface area contributed by atoms with Crippen LogP contribution < -0.4 is 5.32 Å². The van der Waals surface area contributed by atoms with Crippen molar-refractivity contribution in [3.05, 3.63) is 35.6 Å². The Balaban J connectivity index is 2.19. The van der Waals surface area contributed by atoms with E-state index >= 15 is 0 Å². The van der Waals surface area contributed by atoms with Crippen LogP contribution in [0.1, 0.15) is 45.1 Å². The first-order chi connectivity index (χ1) is 11.4. The molecule has 0 spiro atoms. The van der Waals surface area contributed by atoms with E-state index in [1.54, 1.807) is 11.0 Å². The molecular formula is C19H27FN2O2. The van der Waals surface area contributed by atoms with Crippen LogP contribution in [0, 0.1) is 17.7 Å². The fraction of sp³-hybridized carbons (Fsp3) is 0.579. The quantitative estimate of drug-likeness (QED) is 0.813. The molecule has 1 aliphatic heterocycles. The minimum absolute atomic E-state index is 0.0419. The summed E-state index contributed by atoms with van der Waals surface area (Å²) in [4.78, 5) is 26.7. The summed E-state index contributed by atoms with van der Waals surface area (Å²) in [6, 6.07) is 6.36. The number of amides is 2. The van der Waals surface area contributed by atoms with E-state index in [1.807, 2.05) is 19.9 Å². The predicted octanol–water partition coefficient (Wildman–Crippen LogP) is 2.94. The zero-order chi connectivity index (χ0) is 17.7. The van der Waals surface area contributed by atoms with E-state index in [1.165, 1.54) is 12.1 Å². The number of nitrogens with zero attached hydrogens (tertiary/aromatic N) is 1. The van der Waals surface area contributed by atoms with Gasteiger partial charge < -0.3 is 10.2 Å². The summed E-state index contributed by atoms with van der Waals surface area (Å²) in [7, 11) is 0. The molecule has 1 aliphatic rings. The van der Waals surface area contributed by atoms with Crippen molar-refractivity contribution in [2.24, 2.45) is 11.8 Å². The Bertz CT molecular complexity index is 588. The molecule has 132 valence electrons. The Hall–Kier alpha value is -1.91. The van der Waals surface area contributed by atoms with Crippen molar-refractivity contribution < 1.29 is 14.0 Å². The summed E-state index contributed by atoms with van der Waals surface area (Å²) in [5.41, 5.74) is 0.782. The van der Waals surface area contributed by atoms with Crippen molar-refractivity contribution in [2.45, 2.75) is 39.5 Å². The number of carbonyl (C=O) groups is 2. The lowest BCUT2D eigenvalue weighted by molar-refractivity contribution is -0.133.